The predicted octanol–water partition coefficient (Wildman–Crippen LogP) is 2.39. The normalized spacial score (nSPS) is 11.9. The van der Waals surface area contributed by atoms with Gasteiger partial charge in [-0.05, 0) is 43.9 Å². The minimum atomic E-state index is -0.826. The molecule has 0 aliphatic rings. The standard InChI is InChI=1S/C17H25NO4/c1-11(2)9-18-17(20)14(5)22-16(19)10-21-15-8-6-7-12(3)13(15)4/h6-8,11,14H,9-10H2,1-5H3,(H,18,20)/t14-/m1/s1. The Balaban J connectivity index is 2.42. The number of carbonyl (C=O) groups excluding carboxylic acids is 2. The molecule has 0 fully saturated rings. The van der Waals surface area contributed by atoms with Gasteiger partial charge in [-0.3, -0.25) is 4.79 Å². The van der Waals surface area contributed by atoms with Gasteiger partial charge in [-0.15, -0.1) is 0 Å². The predicted molar refractivity (Wildman–Crippen MR) is 84.8 cm³/mol. The first kappa shape index (κ1) is 18.0. The number of rotatable bonds is 7. The fourth-order valence-corrected chi connectivity index (χ4v) is 1.75. The van der Waals surface area contributed by atoms with Crippen LogP contribution in [0.15, 0.2) is 18.2 Å². The second-order valence-corrected chi connectivity index (χ2v) is 5.76. The maximum Gasteiger partial charge on any atom is 0.344 e. The van der Waals surface area contributed by atoms with E-state index in [1.165, 1.54) is 0 Å². The van der Waals surface area contributed by atoms with Crippen LogP contribution in [0, 0.1) is 19.8 Å². The average Bonchev–Trinajstić information content (AvgIpc) is 2.46. The fraction of sp³-hybridized carbons (Fsp3) is 0.529. The summed E-state index contributed by atoms with van der Waals surface area (Å²) in [6.45, 7) is 9.78. The van der Waals surface area contributed by atoms with Crippen molar-refractivity contribution in [1.82, 2.24) is 5.32 Å². The Labute approximate surface area is 132 Å². The quantitative estimate of drug-likeness (QED) is 0.786. The molecule has 0 aromatic heterocycles. The lowest BCUT2D eigenvalue weighted by Gasteiger charge is -2.15. The number of amides is 1. The molecular weight excluding hydrogens is 282 g/mol. The Morgan fingerprint density at radius 2 is 1.86 bits per heavy atom. The van der Waals surface area contributed by atoms with Gasteiger partial charge in [0.15, 0.2) is 12.7 Å². The highest BCUT2D eigenvalue weighted by atomic mass is 16.6. The van der Waals surface area contributed by atoms with Crippen molar-refractivity contribution >= 4 is 11.9 Å². The molecule has 0 aliphatic carbocycles. The zero-order valence-corrected chi connectivity index (χ0v) is 13.9. The van der Waals surface area contributed by atoms with Crippen LogP contribution in [0.1, 0.15) is 31.9 Å². The van der Waals surface area contributed by atoms with Crippen LogP contribution in [0.25, 0.3) is 0 Å². The molecule has 5 heteroatoms. The van der Waals surface area contributed by atoms with E-state index in [2.05, 4.69) is 5.32 Å². The van der Waals surface area contributed by atoms with E-state index in [4.69, 9.17) is 9.47 Å². The number of ether oxygens (including phenoxy) is 2. The van der Waals surface area contributed by atoms with Gasteiger partial charge in [-0.25, -0.2) is 4.79 Å². The van der Waals surface area contributed by atoms with Crippen molar-refractivity contribution < 1.29 is 19.1 Å². The monoisotopic (exact) mass is 307 g/mol. The van der Waals surface area contributed by atoms with E-state index in [-0.39, 0.29) is 12.5 Å². The van der Waals surface area contributed by atoms with Crippen LogP contribution in [-0.2, 0) is 14.3 Å². The maximum absolute atomic E-state index is 11.7. The van der Waals surface area contributed by atoms with Crippen LogP contribution in [0.2, 0.25) is 0 Å². The highest BCUT2D eigenvalue weighted by Gasteiger charge is 2.18. The van der Waals surface area contributed by atoms with E-state index in [0.29, 0.717) is 18.2 Å². The zero-order valence-electron chi connectivity index (χ0n) is 13.9. The molecule has 1 aromatic rings. The third-order valence-corrected chi connectivity index (χ3v) is 3.26. The first-order chi connectivity index (χ1) is 10.3. The van der Waals surface area contributed by atoms with Crippen LogP contribution >= 0.6 is 0 Å². The number of aryl methyl sites for hydroxylation is 1. The molecule has 122 valence electrons. The van der Waals surface area contributed by atoms with E-state index in [9.17, 15) is 9.59 Å². The molecule has 5 nitrogen and oxygen atoms in total. The highest BCUT2D eigenvalue weighted by molar-refractivity contribution is 5.83. The van der Waals surface area contributed by atoms with Crippen molar-refractivity contribution in [2.75, 3.05) is 13.2 Å². The molecule has 1 aromatic carbocycles. The van der Waals surface area contributed by atoms with Gasteiger partial charge in [0.1, 0.15) is 5.75 Å². The number of benzene rings is 1. The molecule has 0 aliphatic heterocycles. The van der Waals surface area contributed by atoms with Crippen molar-refractivity contribution in [3.63, 3.8) is 0 Å². The largest absolute Gasteiger partial charge is 0.482 e. The number of nitrogens with one attached hydrogen (secondary N) is 1. The molecular formula is C17H25NO4. The number of carbonyl (C=O) groups is 2. The number of hydrogen-bond donors (Lipinski definition) is 1. The van der Waals surface area contributed by atoms with Gasteiger partial charge in [-0.1, -0.05) is 26.0 Å². The molecule has 0 unspecified atom stereocenters. The van der Waals surface area contributed by atoms with E-state index in [1.807, 2.05) is 39.8 Å². The van der Waals surface area contributed by atoms with Crippen molar-refractivity contribution in [3.8, 4) is 5.75 Å². The van der Waals surface area contributed by atoms with Crippen LogP contribution in [0.5, 0.6) is 5.75 Å². The van der Waals surface area contributed by atoms with E-state index < -0.39 is 12.1 Å². The minimum Gasteiger partial charge on any atom is -0.482 e. The third-order valence-electron chi connectivity index (χ3n) is 3.26. The first-order valence-corrected chi connectivity index (χ1v) is 7.47. The summed E-state index contributed by atoms with van der Waals surface area (Å²) in [4.78, 5) is 23.5. The van der Waals surface area contributed by atoms with Crippen LogP contribution in [0.3, 0.4) is 0 Å². The molecule has 1 N–H and O–H groups in total. The molecule has 1 amide bonds. The van der Waals surface area contributed by atoms with Crippen molar-refractivity contribution in [2.24, 2.45) is 5.92 Å². The summed E-state index contributed by atoms with van der Waals surface area (Å²) in [5.74, 6) is 0.134. The topological polar surface area (TPSA) is 64.6 Å². The molecule has 0 radical (unpaired) electrons. The van der Waals surface area contributed by atoms with Gasteiger partial charge in [0.05, 0.1) is 0 Å². The van der Waals surface area contributed by atoms with Gasteiger partial charge in [0.2, 0.25) is 0 Å². The Kier molecular flexibility index (Phi) is 6.89. The Hall–Kier alpha value is -2.04. The number of hydrogen-bond acceptors (Lipinski definition) is 4. The molecule has 0 bridgehead atoms. The number of esters is 1. The third kappa shape index (κ3) is 5.76. The van der Waals surface area contributed by atoms with E-state index in [1.54, 1.807) is 13.0 Å². The second-order valence-electron chi connectivity index (χ2n) is 5.76. The van der Waals surface area contributed by atoms with Crippen molar-refractivity contribution in [2.45, 2.75) is 40.7 Å². The summed E-state index contributed by atoms with van der Waals surface area (Å²) >= 11 is 0. The molecule has 1 atom stereocenters. The van der Waals surface area contributed by atoms with E-state index in [0.717, 1.165) is 11.1 Å². The minimum absolute atomic E-state index is 0.216. The van der Waals surface area contributed by atoms with Gasteiger partial charge >= 0.3 is 5.97 Å². The maximum atomic E-state index is 11.7. The Bertz CT molecular complexity index is 525. The summed E-state index contributed by atoms with van der Waals surface area (Å²) in [6.07, 6.45) is -0.826. The second kappa shape index (κ2) is 8.41. The van der Waals surface area contributed by atoms with Crippen LogP contribution in [0.4, 0.5) is 0 Å². The van der Waals surface area contributed by atoms with Crippen molar-refractivity contribution in [1.29, 1.82) is 0 Å². The molecule has 22 heavy (non-hydrogen) atoms. The van der Waals surface area contributed by atoms with Crippen molar-refractivity contribution in [3.05, 3.63) is 29.3 Å². The molecule has 0 heterocycles. The highest BCUT2D eigenvalue weighted by Crippen LogP contribution is 2.20. The fourth-order valence-electron chi connectivity index (χ4n) is 1.75. The van der Waals surface area contributed by atoms with E-state index >= 15 is 0 Å². The van der Waals surface area contributed by atoms with Crippen LogP contribution < -0.4 is 10.1 Å². The van der Waals surface area contributed by atoms with Gasteiger partial charge in [-0.2, -0.15) is 0 Å². The molecule has 0 saturated carbocycles. The lowest BCUT2D eigenvalue weighted by Crippen LogP contribution is -2.38. The van der Waals surface area contributed by atoms with Crippen LogP contribution in [-0.4, -0.2) is 31.1 Å². The van der Waals surface area contributed by atoms with Gasteiger partial charge in [0, 0.05) is 6.54 Å². The average molecular weight is 307 g/mol. The summed E-state index contributed by atoms with van der Waals surface area (Å²) in [5, 5.41) is 2.72. The lowest BCUT2D eigenvalue weighted by atomic mass is 10.1. The summed E-state index contributed by atoms with van der Waals surface area (Å²) in [5.41, 5.74) is 2.07. The molecule has 0 saturated heterocycles. The summed E-state index contributed by atoms with van der Waals surface area (Å²) in [6, 6.07) is 5.64. The Morgan fingerprint density at radius 3 is 2.50 bits per heavy atom. The summed E-state index contributed by atoms with van der Waals surface area (Å²) < 4.78 is 10.5. The van der Waals surface area contributed by atoms with Gasteiger partial charge in [0.25, 0.3) is 5.91 Å². The molecule has 0 spiro atoms. The first-order valence-electron chi connectivity index (χ1n) is 7.47. The lowest BCUT2D eigenvalue weighted by molar-refractivity contribution is -0.156. The smallest absolute Gasteiger partial charge is 0.344 e. The zero-order chi connectivity index (χ0) is 16.7. The van der Waals surface area contributed by atoms with Gasteiger partial charge < -0.3 is 14.8 Å². The molecule has 1 rings (SSSR count). The SMILES string of the molecule is Cc1cccc(OCC(=O)O[C@H](C)C(=O)NCC(C)C)c1C. The summed E-state index contributed by atoms with van der Waals surface area (Å²) in [7, 11) is 0. The Morgan fingerprint density at radius 1 is 1.18 bits per heavy atom.